The maximum Gasteiger partial charge on any atom is 0.257 e. The van der Waals surface area contributed by atoms with E-state index in [0.717, 1.165) is 31.5 Å². The van der Waals surface area contributed by atoms with Crippen molar-refractivity contribution >= 4 is 23.2 Å². The average Bonchev–Trinajstić information content (AvgIpc) is 3.45. The van der Waals surface area contributed by atoms with Gasteiger partial charge in [-0.15, -0.1) is 11.3 Å². The zero-order valence-corrected chi connectivity index (χ0v) is 17.6. The summed E-state index contributed by atoms with van der Waals surface area (Å²) in [5, 5.41) is 9.27. The molecule has 2 amide bonds. The van der Waals surface area contributed by atoms with Gasteiger partial charge in [0.1, 0.15) is 0 Å². The standard InChI is InChI=1S/C21H28N4O3S/c1-15(12-17-5-3-11-29-17)20(26)25-6-2-4-16(14-25)19-18(13-22-23-19)21(27)24-7-9-28-10-8-24/h3,5,11,13,15-16H,2,4,6-10,12,14H2,1H3,(H,22,23)/t15-,16-/m1/s1. The highest BCUT2D eigenvalue weighted by molar-refractivity contribution is 7.09. The van der Waals surface area contributed by atoms with Crippen molar-refractivity contribution in [2.45, 2.75) is 32.1 Å². The summed E-state index contributed by atoms with van der Waals surface area (Å²) in [7, 11) is 0. The number of nitrogens with zero attached hydrogens (tertiary/aromatic N) is 3. The average molecular weight is 417 g/mol. The molecule has 0 aromatic carbocycles. The van der Waals surface area contributed by atoms with Gasteiger partial charge in [0.2, 0.25) is 5.91 Å². The predicted molar refractivity (Wildman–Crippen MR) is 111 cm³/mol. The smallest absolute Gasteiger partial charge is 0.257 e. The van der Waals surface area contributed by atoms with E-state index in [1.54, 1.807) is 17.5 Å². The van der Waals surface area contributed by atoms with Crippen LogP contribution in [0.2, 0.25) is 0 Å². The molecule has 0 unspecified atom stereocenters. The maximum absolute atomic E-state index is 13.0. The van der Waals surface area contributed by atoms with Crippen LogP contribution in [0.25, 0.3) is 0 Å². The third-order valence-corrected chi connectivity index (χ3v) is 6.75. The van der Waals surface area contributed by atoms with Gasteiger partial charge in [0.25, 0.3) is 5.91 Å². The Labute approximate surface area is 175 Å². The molecule has 2 aromatic heterocycles. The monoisotopic (exact) mass is 416 g/mol. The van der Waals surface area contributed by atoms with Crippen LogP contribution in [0, 0.1) is 5.92 Å². The van der Waals surface area contributed by atoms with Crippen molar-refractivity contribution in [1.29, 1.82) is 0 Å². The first-order valence-electron chi connectivity index (χ1n) is 10.3. The highest BCUT2D eigenvalue weighted by Crippen LogP contribution is 2.30. The molecule has 156 valence electrons. The quantitative estimate of drug-likeness (QED) is 0.812. The van der Waals surface area contributed by atoms with Crippen LogP contribution in [0.15, 0.2) is 23.7 Å². The van der Waals surface area contributed by atoms with Crippen molar-refractivity contribution in [1.82, 2.24) is 20.0 Å². The van der Waals surface area contributed by atoms with Crippen LogP contribution in [0.3, 0.4) is 0 Å². The van der Waals surface area contributed by atoms with Gasteiger partial charge in [0.15, 0.2) is 0 Å². The molecule has 4 rings (SSSR count). The lowest BCUT2D eigenvalue weighted by Gasteiger charge is -2.34. The zero-order valence-electron chi connectivity index (χ0n) is 16.8. The number of nitrogens with one attached hydrogen (secondary N) is 1. The van der Waals surface area contributed by atoms with E-state index in [9.17, 15) is 9.59 Å². The highest BCUT2D eigenvalue weighted by atomic mass is 32.1. The fraction of sp³-hybridized carbons (Fsp3) is 0.571. The number of thiophene rings is 1. The second kappa shape index (κ2) is 9.09. The second-order valence-electron chi connectivity index (χ2n) is 7.91. The van der Waals surface area contributed by atoms with Crippen LogP contribution in [0.5, 0.6) is 0 Å². The topological polar surface area (TPSA) is 78.5 Å². The van der Waals surface area contributed by atoms with Crippen molar-refractivity contribution < 1.29 is 14.3 Å². The molecule has 2 aromatic rings. The van der Waals surface area contributed by atoms with E-state index >= 15 is 0 Å². The minimum Gasteiger partial charge on any atom is -0.378 e. The SMILES string of the molecule is C[C@H](Cc1cccs1)C(=O)N1CCC[C@@H](c2[nH]ncc2C(=O)N2CCOCC2)C1. The molecular weight excluding hydrogens is 388 g/mol. The van der Waals surface area contributed by atoms with E-state index in [1.165, 1.54) is 4.88 Å². The van der Waals surface area contributed by atoms with E-state index < -0.39 is 0 Å². The van der Waals surface area contributed by atoms with Gasteiger partial charge in [-0.1, -0.05) is 13.0 Å². The first kappa shape index (κ1) is 20.1. The van der Waals surface area contributed by atoms with Crippen molar-refractivity contribution in [3.05, 3.63) is 39.8 Å². The van der Waals surface area contributed by atoms with Crippen LogP contribution in [-0.4, -0.2) is 71.2 Å². The molecule has 2 saturated heterocycles. The van der Waals surface area contributed by atoms with Gasteiger partial charge in [-0.05, 0) is 30.7 Å². The van der Waals surface area contributed by atoms with Crippen molar-refractivity contribution in [3.63, 3.8) is 0 Å². The molecule has 8 heteroatoms. The number of rotatable bonds is 5. The van der Waals surface area contributed by atoms with Crippen molar-refractivity contribution in [2.24, 2.45) is 5.92 Å². The molecule has 4 heterocycles. The van der Waals surface area contributed by atoms with Crippen LogP contribution >= 0.6 is 11.3 Å². The first-order chi connectivity index (χ1) is 14.1. The lowest BCUT2D eigenvalue weighted by atomic mass is 9.91. The van der Waals surface area contributed by atoms with Gasteiger partial charge in [-0.3, -0.25) is 14.7 Å². The summed E-state index contributed by atoms with van der Waals surface area (Å²) >= 11 is 1.70. The fourth-order valence-electron chi connectivity index (χ4n) is 4.26. The van der Waals surface area contributed by atoms with Gasteiger partial charge in [-0.2, -0.15) is 5.10 Å². The molecule has 2 fully saturated rings. The number of aromatic amines is 1. The van der Waals surface area contributed by atoms with E-state index in [2.05, 4.69) is 21.6 Å². The minimum atomic E-state index is -0.0383. The van der Waals surface area contributed by atoms with Gasteiger partial charge in [-0.25, -0.2) is 0 Å². The molecule has 0 saturated carbocycles. The second-order valence-corrected chi connectivity index (χ2v) is 8.94. The summed E-state index contributed by atoms with van der Waals surface area (Å²) in [5.41, 5.74) is 1.50. The minimum absolute atomic E-state index is 0.00608. The Hall–Kier alpha value is -2.19. The van der Waals surface area contributed by atoms with Gasteiger partial charge in [0.05, 0.1) is 30.7 Å². The normalized spacial score (nSPS) is 21.2. The number of amides is 2. The lowest BCUT2D eigenvalue weighted by molar-refractivity contribution is -0.136. The van der Waals surface area contributed by atoms with Crippen LogP contribution in [0.1, 0.15) is 46.6 Å². The van der Waals surface area contributed by atoms with Gasteiger partial charge < -0.3 is 14.5 Å². The first-order valence-corrected chi connectivity index (χ1v) is 11.2. The fourth-order valence-corrected chi connectivity index (χ4v) is 5.09. The van der Waals surface area contributed by atoms with Crippen LogP contribution in [-0.2, 0) is 16.0 Å². The molecule has 1 N–H and O–H groups in total. The molecule has 7 nitrogen and oxygen atoms in total. The summed E-state index contributed by atoms with van der Waals surface area (Å²) in [5.74, 6) is 0.281. The Bertz CT molecular complexity index is 829. The number of aromatic nitrogens is 2. The summed E-state index contributed by atoms with van der Waals surface area (Å²) in [6.45, 7) is 5.80. The lowest BCUT2D eigenvalue weighted by Crippen LogP contribution is -2.43. The molecule has 0 bridgehead atoms. The predicted octanol–water partition coefficient (Wildman–Crippen LogP) is 2.53. The molecule has 2 aliphatic heterocycles. The number of hydrogen-bond donors (Lipinski definition) is 1. The number of carbonyl (C=O) groups excluding carboxylic acids is 2. The number of H-pyrrole nitrogens is 1. The summed E-state index contributed by atoms with van der Waals surface area (Å²) in [6.07, 6.45) is 4.30. The molecule has 2 atom stereocenters. The van der Waals surface area contributed by atoms with E-state index in [-0.39, 0.29) is 23.7 Å². The van der Waals surface area contributed by atoms with Gasteiger partial charge in [0, 0.05) is 42.9 Å². The van der Waals surface area contributed by atoms with E-state index in [4.69, 9.17) is 4.74 Å². The molecule has 0 aliphatic carbocycles. The Morgan fingerprint density at radius 3 is 2.90 bits per heavy atom. The van der Waals surface area contributed by atoms with Crippen molar-refractivity contribution in [2.75, 3.05) is 39.4 Å². The summed E-state index contributed by atoms with van der Waals surface area (Å²) < 4.78 is 5.35. The Kier molecular flexibility index (Phi) is 6.30. The van der Waals surface area contributed by atoms with Crippen molar-refractivity contribution in [3.8, 4) is 0 Å². The molecule has 0 radical (unpaired) electrons. The van der Waals surface area contributed by atoms with E-state index in [0.29, 0.717) is 38.4 Å². The molecule has 0 spiro atoms. The Morgan fingerprint density at radius 2 is 2.14 bits per heavy atom. The maximum atomic E-state index is 13.0. The number of likely N-dealkylation sites (tertiary alicyclic amines) is 1. The number of carbonyl (C=O) groups is 2. The molecular formula is C21H28N4O3S. The third kappa shape index (κ3) is 4.53. The van der Waals surface area contributed by atoms with E-state index in [1.807, 2.05) is 22.8 Å². The zero-order chi connectivity index (χ0) is 20.2. The van der Waals surface area contributed by atoms with Gasteiger partial charge >= 0.3 is 0 Å². The summed E-state index contributed by atoms with van der Waals surface area (Å²) in [4.78, 5) is 31.0. The largest absolute Gasteiger partial charge is 0.378 e. The number of morpholine rings is 1. The number of piperidine rings is 1. The van der Waals surface area contributed by atoms with Crippen LogP contribution < -0.4 is 0 Å². The molecule has 2 aliphatic rings. The Morgan fingerprint density at radius 1 is 1.31 bits per heavy atom. The highest BCUT2D eigenvalue weighted by Gasteiger charge is 2.32. The summed E-state index contributed by atoms with van der Waals surface area (Å²) in [6, 6.07) is 4.11. The molecule has 29 heavy (non-hydrogen) atoms. The van der Waals surface area contributed by atoms with Crippen LogP contribution in [0.4, 0.5) is 0 Å². The number of ether oxygens (including phenoxy) is 1. The number of hydrogen-bond acceptors (Lipinski definition) is 5. The third-order valence-electron chi connectivity index (χ3n) is 5.85. The Balaban J connectivity index is 1.43.